The molecular weight excluding hydrogens is 510 g/mol. The van der Waals surface area contributed by atoms with Gasteiger partial charge in [-0.15, -0.1) is 0 Å². The number of anilines is 1. The molecule has 0 heterocycles. The number of rotatable bonds is 8. The second-order valence-corrected chi connectivity index (χ2v) is 8.38. The number of carbonyl (C=O) groups excluding carboxylic acids is 1. The van der Waals surface area contributed by atoms with Crippen molar-refractivity contribution in [1.82, 2.24) is 4.90 Å². The van der Waals surface area contributed by atoms with Gasteiger partial charge in [-0.25, -0.2) is 4.79 Å². The predicted octanol–water partition coefficient (Wildman–Crippen LogP) is 5.97. The monoisotopic (exact) mass is 539 g/mol. The molecule has 0 fully saturated rings. The summed E-state index contributed by atoms with van der Waals surface area (Å²) >= 11 is 3.22. The maximum absolute atomic E-state index is 12.7. The minimum atomic E-state index is -1.15. The first-order valence-electron chi connectivity index (χ1n) is 11.3. The molecule has 7 nitrogen and oxygen atoms in total. The average Bonchev–Trinajstić information content (AvgIpc) is 2.88. The zero-order valence-electron chi connectivity index (χ0n) is 20.0. The summed E-state index contributed by atoms with van der Waals surface area (Å²) in [5.41, 5.74) is 2.03. The fourth-order valence-electron chi connectivity index (χ4n) is 3.35. The van der Waals surface area contributed by atoms with E-state index in [0.29, 0.717) is 26.9 Å². The number of carboxylic acid groups (broad SMARTS) is 1. The SMILES string of the molecule is CCN(CC)CC.O=C(Nc1ccc(Br)cc1C(=O)O)c1cccc(C(=NO)c2ccccc2)c1. The summed E-state index contributed by atoms with van der Waals surface area (Å²) in [7, 11) is 0. The standard InChI is InChI=1S/C21H15BrN2O4.C6H15N/c22-16-9-10-18(17(12-16)21(26)27)23-20(25)15-8-4-7-14(11-15)19(24-28)13-5-2-1-3-6-13;1-4-7(5-2)6-3/h1-12,28H,(H,23,25)(H,26,27);4-6H2,1-3H3. The fraction of sp³-hybridized carbons (Fsp3) is 0.222. The van der Waals surface area contributed by atoms with E-state index < -0.39 is 11.9 Å². The maximum atomic E-state index is 12.7. The molecule has 0 radical (unpaired) electrons. The van der Waals surface area contributed by atoms with Crippen molar-refractivity contribution in [3.05, 3.63) is 99.5 Å². The van der Waals surface area contributed by atoms with Gasteiger partial charge in [0, 0.05) is 21.2 Å². The highest BCUT2D eigenvalue weighted by molar-refractivity contribution is 9.10. The Bertz CT molecular complexity index is 1160. The molecule has 0 aliphatic heterocycles. The smallest absolute Gasteiger partial charge is 0.337 e. The Morgan fingerprint density at radius 2 is 1.46 bits per heavy atom. The number of nitrogens with one attached hydrogen (secondary N) is 1. The topological polar surface area (TPSA) is 102 Å². The summed E-state index contributed by atoms with van der Waals surface area (Å²) in [4.78, 5) is 26.4. The summed E-state index contributed by atoms with van der Waals surface area (Å²) in [5, 5.41) is 24.7. The predicted molar refractivity (Wildman–Crippen MR) is 143 cm³/mol. The van der Waals surface area contributed by atoms with E-state index in [0.717, 1.165) is 0 Å². The van der Waals surface area contributed by atoms with Crippen molar-refractivity contribution in [1.29, 1.82) is 0 Å². The lowest BCUT2D eigenvalue weighted by molar-refractivity contribution is 0.0698. The summed E-state index contributed by atoms with van der Waals surface area (Å²) in [5.74, 6) is -1.62. The van der Waals surface area contributed by atoms with Crippen LogP contribution < -0.4 is 5.32 Å². The summed E-state index contributed by atoms with van der Waals surface area (Å²) in [6, 6.07) is 20.2. The molecular formula is C27H30BrN3O4. The average molecular weight is 540 g/mol. The van der Waals surface area contributed by atoms with Crippen molar-refractivity contribution in [2.75, 3.05) is 25.0 Å². The minimum absolute atomic E-state index is 0.0271. The molecule has 0 unspecified atom stereocenters. The first-order chi connectivity index (χ1) is 16.8. The Morgan fingerprint density at radius 1 is 0.857 bits per heavy atom. The molecule has 0 aliphatic rings. The van der Waals surface area contributed by atoms with Crippen molar-refractivity contribution in [2.24, 2.45) is 5.16 Å². The van der Waals surface area contributed by atoms with Crippen LogP contribution in [0.25, 0.3) is 0 Å². The molecule has 0 saturated heterocycles. The third kappa shape index (κ3) is 8.05. The highest BCUT2D eigenvalue weighted by atomic mass is 79.9. The van der Waals surface area contributed by atoms with E-state index in [9.17, 15) is 19.9 Å². The second-order valence-electron chi connectivity index (χ2n) is 7.46. The van der Waals surface area contributed by atoms with Crippen molar-refractivity contribution in [3.63, 3.8) is 0 Å². The lowest BCUT2D eigenvalue weighted by atomic mass is 10.0. The van der Waals surface area contributed by atoms with Crippen LogP contribution in [0.2, 0.25) is 0 Å². The third-order valence-corrected chi connectivity index (χ3v) is 5.84. The maximum Gasteiger partial charge on any atom is 0.337 e. The highest BCUT2D eigenvalue weighted by Gasteiger charge is 2.16. The Labute approximate surface area is 214 Å². The molecule has 0 bridgehead atoms. The first kappa shape index (κ1) is 27.8. The highest BCUT2D eigenvalue weighted by Crippen LogP contribution is 2.22. The molecule has 3 aromatic rings. The van der Waals surface area contributed by atoms with Gasteiger partial charge in [0.05, 0.1) is 11.3 Å². The van der Waals surface area contributed by atoms with Gasteiger partial charge in [0.1, 0.15) is 5.71 Å². The van der Waals surface area contributed by atoms with E-state index in [2.05, 4.69) is 52.1 Å². The molecule has 0 saturated carbocycles. The Hall–Kier alpha value is -3.49. The van der Waals surface area contributed by atoms with Crippen molar-refractivity contribution in [3.8, 4) is 0 Å². The molecule has 3 aromatic carbocycles. The van der Waals surface area contributed by atoms with Gasteiger partial charge in [-0.3, -0.25) is 4.79 Å². The number of oxime groups is 1. The molecule has 35 heavy (non-hydrogen) atoms. The van der Waals surface area contributed by atoms with Gasteiger partial charge >= 0.3 is 5.97 Å². The number of aromatic carboxylic acids is 1. The number of carboxylic acids is 1. The molecule has 0 atom stereocenters. The number of hydrogen-bond donors (Lipinski definition) is 3. The number of amides is 1. The lowest BCUT2D eigenvalue weighted by Gasteiger charge is -2.13. The molecule has 3 rings (SSSR count). The van der Waals surface area contributed by atoms with Crippen molar-refractivity contribution in [2.45, 2.75) is 20.8 Å². The molecule has 0 aliphatic carbocycles. The Balaban J connectivity index is 0.000000540. The first-order valence-corrected chi connectivity index (χ1v) is 12.1. The van der Waals surface area contributed by atoms with Gasteiger partial charge in [-0.1, -0.05) is 84.3 Å². The van der Waals surface area contributed by atoms with Crippen LogP contribution in [0.3, 0.4) is 0 Å². The van der Waals surface area contributed by atoms with E-state index in [1.165, 1.54) is 31.8 Å². The fourth-order valence-corrected chi connectivity index (χ4v) is 3.71. The van der Waals surface area contributed by atoms with Crippen LogP contribution in [0.1, 0.15) is 52.6 Å². The summed E-state index contributed by atoms with van der Waals surface area (Å²) < 4.78 is 0.594. The van der Waals surface area contributed by atoms with E-state index >= 15 is 0 Å². The Morgan fingerprint density at radius 3 is 2.00 bits per heavy atom. The van der Waals surface area contributed by atoms with Gasteiger partial charge in [0.15, 0.2) is 0 Å². The van der Waals surface area contributed by atoms with Crippen molar-refractivity contribution >= 4 is 39.2 Å². The van der Waals surface area contributed by atoms with Gasteiger partial charge in [0.25, 0.3) is 5.91 Å². The van der Waals surface area contributed by atoms with Crippen LogP contribution in [-0.2, 0) is 0 Å². The van der Waals surface area contributed by atoms with E-state index in [1.54, 1.807) is 42.5 Å². The van der Waals surface area contributed by atoms with E-state index in [1.807, 2.05) is 18.2 Å². The van der Waals surface area contributed by atoms with Crippen LogP contribution in [0.4, 0.5) is 5.69 Å². The van der Waals surface area contributed by atoms with Gasteiger partial charge in [0.2, 0.25) is 0 Å². The summed E-state index contributed by atoms with van der Waals surface area (Å²) in [6.45, 7) is 10.1. The van der Waals surface area contributed by atoms with E-state index in [4.69, 9.17) is 0 Å². The molecule has 8 heteroatoms. The quantitative estimate of drug-likeness (QED) is 0.186. The minimum Gasteiger partial charge on any atom is -0.478 e. The molecule has 0 spiro atoms. The van der Waals surface area contributed by atoms with E-state index in [-0.39, 0.29) is 11.3 Å². The molecule has 3 N–H and O–H groups in total. The van der Waals surface area contributed by atoms with Crippen LogP contribution in [0.5, 0.6) is 0 Å². The van der Waals surface area contributed by atoms with Crippen LogP contribution in [-0.4, -0.2) is 52.4 Å². The third-order valence-electron chi connectivity index (χ3n) is 5.35. The number of carbonyl (C=O) groups is 2. The second kappa shape index (κ2) is 14.0. The number of benzene rings is 3. The van der Waals surface area contributed by atoms with Crippen LogP contribution in [0.15, 0.2) is 82.4 Å². The van der Waals surface area contributed by atoms with Gasteiger partial charge < -0.3 is 20.5 Å². The normalized spacial score (nSPS) is 10.9. The number of hydrogen-bond acceptors (Lipinski definition) is 5. The zero-order valence-corrected chi connectivity index (χ0v) is 21.6. The molecule has 184 valence electrons. The summed E-state index contributed by atoms with van der Waals surface area (Å²) in [6.07, 6.45) is 0. The van der Waals surface area contributed by atoms with Crippen LogP contribution >= 0.6 is 15.9 Å². The van der Waals surface area contributed by atoms with Crippen LogP contribution in [0, 0.1) is 0 Å². The van der Waals surface area contributed by atoms with Gasteiger partial charge in [-0.05, 0) is 50.0 Å². The largest absolute Gasteiger partial charge is 0.478 e. The van der Waals surface area contributed by atoms with Gasteiger partial charge in [-0.2, -0.15) is 0 Å². The number of halogens is 1. The lowest BCUT2D eigenvalue weighted by Crippen LogP contribution is -2.21. The number of nitrogens with zero attached hydrogens (tertiary/aromatic N) is 2. The Kier molecular flexibility index (Phi) is 11.1. The molecule has 1 amide bonds. The van der Waals surface area contributed by atoms with Crippen molar-refractivity contribution < 1.29 is 19.9 Å². The molecule has 0 aromatic heterocycles. The zero-order chi connectivity index (χ0) is 25.8.